The lowest BCUT2D eigenvalue weighted by Gasteiger charge is -2.26. The third-order valence-corrected chi connectivity index (χ3v) is 6.63. The molecule has 2 aromatic carbocycles. The maximum absolute atomic E-state index is 13.2. The summed E-state index contributed by atoms with van der Waals surface area (Å²) in [7, 11) is 5.85. The van der Waals surface area contributed by atoms with E-state index in [0.717, 1.165) is 61.8 Å². The number of carbonyl (C=O) groups is 1. The zero-order chi connectivity index (χ0) is 33.9. The van der Waals surface area contributed by atoms with E-state index in [1.807, 2.05) is 4.57 Å². The van der Waals surface area contributed by atoms with E-state index in [1.54, 1.807) is 30.7 Å². The molecule has 46 heavy (non-hydrogen) atoms. The van der Waals surface area contributed by atoms with Gasteiger partial charge in [0.15, 0.2) is 11.6 Å². The average Bonchev–Trinajstić information content (AvgIpc) is 3.38. The van der Waals surface area contributed by atoms with Crippen LogP contribution in [-0.4, -0.2) is 82.2 Å². The van der Waals surface area contributed by atoms with Crippen LogP contribution >= 0.6 is 25.3 Å². The quantitative estimate of drug-likeness (QED) is 0.160. The number of fused-ring (bicyclic) bond motifs is 1. The minimum atomic E-state index is -0.931. The zero-order valence-corrected chi connectivity index (χ0v) is 27.8. The lowest BCUT2D eigenvalue weighted by molar-refractivity contribution is 0.0367. The number of hydrogen-bond acceptors (Lipinski definition) is 9. The molecule has 2 saturated heterocycles. The number of benzene rings is 2. The van der Waals surface area contributed by atoms with Crippen molar-refractivity contribution in [2.24, 2.45) is 0 Å². The Labute approximate surface area is 279 Å². The summed E-state index contributed by atoms with van der Waals surface area (Å²) in [6.45, 7) is 4.86. The van der Waals surface area contributed by atoms with Crippen molar-refractivity contribution in [1.82, 2.24) is 24.4 Å². The Kier molecular flexibility index (Phi) is 18.1. The first kappa shape index (κ1) is 38.8. The fourth-order valence-corrected chi connectivity index (χ4v) is 4.31. The molecule has 0 aliphatic carbocycles. The van der Waals surface area contributed by atoms with Crippen LogP contribution in [0.4, 0.5) is 8.78 Å². The first-order valence-corrected chi connectivity index (χ1v) is 16.4. The van der Waals surface area contributed by atoms with Crippen LogP contribution in [-0.2, 0) is 24.3 Å². The topological polar surface area (TPSA) is 123 Å². The van der Waals surface area contributed by atoms with Crippen LogP contribution < -0.4 is 10.3 Å². The van der Waals surface area contributed by atoms with E-state index < -0.39 is 17.6 Å². The third-order valence-electron chi connectivity index (χ3n) is 6.63. The lowest BCUT2D eigenvalue weighted by atomic mass is 10.1. The number of halogens is 2. The lowest BCUT2D eigenvalue weighted by Crippen LogP contribution is -2.30. The summed E-state index contributed by atoms with van der Waals surface area (Å²) < 4.78 is 37.5. The molecule has 248 valence electrons. The van der Waals surface area contributed by atoms with Crippen LogP contribution in [0.5, 0.6) is 5.75 Å². The molecule has 0 saturated carbocycles. The Morgan fingerprint density at radius 3 is 2.28 bits per heavy atom. The first-order valence-electron chi connectivity index (χ1n) is 14.6. The van der Waals surface area contributed by atoms with Crippen LogP contribution in [0.2, 0.25) is 0 Å². The Balaban J connectivity index is 0.000000263. The van der Waals surface area contributed by atoms with Crippen LogP contribution in [0.1, 0.15) is 47.7 Å². The predicted octanol–water partition coefficient (Wildman–Crippen LogP) is 4.97. The van der Waals surface area contributed by atoms with Gasteiger partial charge in [-0.2, -0.15) is 25.3 Å². The molecule has 0 unspecified atom stereocenters. The number of imidazole rings is 1. The molecule has 2 aliphatic heterocycles. The van der Waals surface area contributed by atoms with Crippen LogP contribution in [0.25, 0.3) is 11.0 Å². The number of hydrogen-bond donors (Lipinski definition) is 4. The second kappa shape index (κ2) is 21.4. The average molecular weight is 676 g/mol. The number of carboxylic acids is 1. The van der Waals surface area contributed by atoms with Crippen molar-refractivity contribution in [3.8, 4) is 5.75 Å². The fourth-order valence-electron chi connectivity index (χ4n) is 4.31. The van der Waals surface area contributed by atoms with Gasteiger partial charge in [-0.3, -0.25) is 9.69 Å². The van der Waals surface area contributed by atoms with E-state index in [0.29, 0.717) is 6.44 Å². The molecule has 0 amide bonds. The second-order valence-corrected chi connectivity index (χ2v) is 9.69. The van der Waals surface area contributed by atoms with Crippen molar-refractivity contribution >= 4 is 50.1 Å². The van der Waals surface area contributed by atoms with E-state index >= 15 is 0 Å². The summed E-state index contributed by atoms with van der Waals surface area (Å²) in [4.78, 5) is 35.3. The number of thiol groups is 2. The summed E-state index contributed by atoms with van der Waals surface area (Å²) in [5.41, 5.74) is 1.54. The van der Waals surface area contributed by atoms with Crippen molar-refractivity contribution in [3.05, 3.63) is 87.9 Å². The number of aromatic nitrogens is 4. The highest BCUT2D eigenvalue weighted by atomic mass is 32.1. The highest BCUT2D eigenvalue weighted by molar-refractivity contribution is 7.79. The summed E-state index contributed by atoms with van der Waals surface area (Å²) in [5.74, 6) is -1.33. The second-order valence-electron chi connectivity index (χ2n) is 9.69. The summed E-state index contributed by atoms with van der Waals surface area (Å²) in [6.07, 6.45) is 10.0. The normalized spacial score (nSPS) is 13.6. The summed E-state index contributed by atoms with van der Waals surface area (Å²) >= 11 is 7.06. The monoisotopic (exact) mass is 675 g/mol. The number of carboxylic acid groups (broad SMARTS) is 1. The number of aromatic carboxylic acids is 1. The van der Waals surface area contributed by atoms with E-state index in [2.05, 4.69) is 45.1 Å². The van der Waals surface area contributed by atoms with Gasteiger partial charge in [0.05, 0.1) is 31.0 Å². The van der Waals surface area contributed by atoms with Gasteiger partial charge in [-0.05, 0) is 81.6 Å². The number of H-pyrrole nitrogens is 1. The van der Waals surface area contributed by atoms with E-state index in [9.17, 15) is 18.4 Å². The standard InChI is InChI=1S/C15H18BN3O2.C11H8F2N2O2.C3H6O.2CH4S/c16-10-19-13-8-11(15(20)21)4-5-12(13)17-14(19)9-18-6-2-1-3-7-18;12-7-1-2-9(8(13)5-7)17-6-10-14-4-3-11(16)15-10;1-2-4-3-1;2*1-2/h4-5,8H,1-3,6-7,9-10H2,(H,20,21);1-5H,6H2,(H,14,15,16);1-3H2;2*2H,1H3. The van der Waals surface area contributed by atoms with Gasteiger partial charge in [0.2, 0.25) is 0 Å². The number of likely N-dealkylation sites (tertiary alicyclic amines) is 1. The molecule has 4 aromatic rings. The molecule has 6 rings (SSSR count). The molecule has 2 fully saturated rings. The third kappa shape index (κ3) is 12.4. The molecular formula is C31H40BF2N5O5S2. The molecule has 0 spiro atoms. The minimum absolute atomic E-state index is 0.0986. The Hall–Kier alpha value is -3.40. The molecule has 0 bridgehead atoms. The molecular weight excluding hydrogens is 635 g/mol. The molecule has 10 nitrogen and oxygen atoms in total. The van der Waals surface area contributed by atoms with Crippen molar-refractivity contribution in [2.45, 2.75) is 45.3 Å². The van der Waals surface area contributed by atoms with Gasteiger partial charge in [-0.25, -0.2) is 23.5 Å². The van der Waals surface area contributed by atoms with Crippen LogP contribution in [0.15, 0.2) is 53.5 Å². The Morgan fingerprint density at radius 2 is 1.72 bits per heavy atom. The van der Waals surface area contributed by atoms with Gasteiger partial charge in [0.25, 0.3) is 5.56 Å². The maximum atomic E-state index is 13.2. The van der Waals surface area contributed by atoms with Crippen LogP contribution in [0.3, 0.4) is 0 Å². The van der Waals surface area contributed by atoms with Crippen molar-refractivity contribution in [3.63, 3.8) is 0 Å². The molecule has 2 aliphatic rings. The fraction of sp³-hybridized carbons (Fsp3) is 0.419. The van der Waals surface area contributed by atoms with Crippen molar-refractivity contribution in [2.75, 3.05) is 38.8 Å². The largest absolute Gasteiger partial charge is 0.483 e. The molecule has 15 heteroatoms. The number of aromatic amines is 1. The predicted molar refractivity (Wildman–Crippen MR) is 182 cm³/mol. The highest BCUT2D eigenvalue weighted by Crippen LogP contribution is 2.21. The Bertz CT molecular complexity index is 1550. The molecule has 2 N–H and O–H groups in total. The smallest absolute Gasteiger partial charge is 0.335 e. The van der Waals surface area contributed by atoms with Gasteiger partial charge >= 0.3 is 5.97 Å². The number of rotatable bonds is 7. The minimum Gasteiger partial charge on any atom is -0.483 e. The number of ether oxygens (including phenoxy) is 2. The molecule has 0 atom stereocenters. The number of piperidine rings is 1. The van der Waals surface area contributed by atoms with Crippen LogP contribution in [0, 0.1) is 11.6 Å². The van der Waals surface area contributed by atoms with Gasteiger partial charge in [0.1, 0.15) is 24.1 Å². The van der Waals surface area contributed by atoms with E-state index in [-0.39, 0.29) is 29.3 Å². The van der Waals surface area contributed by atoms with Gasteiger partial charge in [-0.15, -0.1) is 0 Å². The summed E-state index contributed by atoms with van der Waals surface area (Å²) in [5, 5.41) is 9.11. The van der Waals surface area contributed by atoms with Gasteiger partial charge in [-0.1, -0.05) is 6.42 Å². The maximum Gasteiger partial charge on any atom is 0.335 e. The van der Waals surface area contributed by atoms with Crippen molar-refractivity contribution < 1.29 is 28.2 Å². The SMILES string of the molecule is C1COC1.CS.CS.O=c1ccnc(COc2ccc(F)cc2F)[nH]1.[B]Cn1c(CN2CCCCC2)nc2ccc(C(=O)O)cc21. The molecule has 2 radical (unpaired) electrons. The Morgan fingerprint density at radius 1 is 1.04 bits per heavy atom. The number of nitrogens with one attached hydrogen (secondary N) is 1. The molecule has 2 aromatic heterocycles. The highest BCUT2D eigenvalue weighted by Gasteiger charge is 2.16. The van der Waals surface area contributed by atoms with E-state index in [1.165, 1.54) is 44.0 Å². The molecule has 4 heterocycles. The summed E-state index contributed by atoms with van der Waals surface area (Å²) in [6, 6.07) is 9.22. The first-order chi connectivity index (χ1) is 22.3. The van der Waals surface area contributed by atoms with Crippen molar-refractivity contribution in [1.29, 1.82) is 0 Å². The van der Waals surface area contributed by atoms with Gasteiger partial charge < -0.3 is 24.1 Å². The number of nitrogens with zero attached hydrogens (tertiary/aromatic N) is 4. The van der Waals surface area contributed by atoms with E-state index in [4.69, 9.17) is 22.4 Å². The zero-order valence-electron chi connectivity index (χ0n) is 26.0. The van der Waals surface area contributed by atoms with Gasteiger partial charge in [0, 0.05) is 31.5 Å².